The summed E-state index contributed by atoms with van der Waals surface area (Å²) in [5.41, 5.74) is 6.31. The lowest BCUT2D eigenvalue weighted by Crippen LogP contribution is -2.24. The highest BCUT2D eigenvalue weighted by Crippen LogP contribution is 2.09. The van der Waals surface area contributed by atoms with Crippen molar-refractivity contribution in [3.05, 3.63) is 35.1 Å². The molecule has 1 aromatic carbocycles. The van der Waals surface area contributed by atoms with E-state index in [2.05, 4.69) is 5.32 Å². The van der Waals surface area contributed by atoms with E-state index >= 15 is 0 Å². The predicted octanol–water partition coefficient (Wildman–Crippen LogP) is 2.32. The van der Waals surface area contributed by atoms with Crippen LogP contribution in [0, 0.1) is 12.7 Å². The lowest BCUT2D eigenvalue weighted by Gasteiger charge is -2.06. The average Bonchev–Trinajstić information content (AvgIpc) is 2.31. The van der Waals surface area contributed by atoms with Gasteiger partial charge in [-0.1, -0.05) is 12.2 Å². The monoisotopic (exact) mass is 268 g/mol. The molecule has 0 aliphatic heterocycles. The minimum atomic E-state index is -0.303. The Bertz CT molecular complexity index is 449. The normalized spacial score (nSPS) is 10.1. The van der Waals surface area contributed by atoms with Gasteiger partial charge in [-0.25, -0.2) is 4.39 Å². The zero-order valence-electron chi connectivity index (χ0n) is 10.3. The van der Waals surface area contributed by atoms with E-state index in [1.807, 2.05) is 0 Å². The molecule has 0 fully saturated rings. The van der Waals surface area contributed by atoms with Gasteiger partial charge in [0, 0.05) is 12.1 Å². The predicted molar refractivity (Wildman–Crippen MR) is 74.1 cm³/mol. The van der Waals surface area contributed by atoms with Gasteiger partial charge in [-0.05, 0) is 49.9 Å². The van der Waals surface area contributed by atoms with Crippen molar-refractivity contribution in [1.29, 1.82) is 0 Å². The topological polar surface area (TPSA) is 55.1 Å². The fourth-order valence-corrected chi connectivity index (χ4v) is 1.66. The summed E-state index contributed by atoms with van der Waals surface area (Å²) in [6, 6.07) is 4.32. The zero-order chi connectivity index (χ0) is 13.5. The minimum Gasteiger partial charge on any atom is -0.393 e. The molecule has 0 saturated carbocycles. The molecule has 0 radical (unpaired) electrons. The van der Waals surface area contributed by atoms with Crippen LogP contribution < -0.4 is 11.1 Å². The second-order valence-corrected chi connectivity index (χ2v) is 4.67. The number of thiocarbonyl (C=S) groups is 1. The van der Waals surface area contributed by atoms with Gasteiger partial charge < -0.3 is 11.1 Å². The number of halogens is 1. The third-order valence-corrected chi connectivity index (χ3v) is 2.76. The molecule has 3 nitrogen and oxygen atoms in total. The van der Waals surface area contributed by atoms with Crippen molar-refractivity contribution in [2.75, 3.05) is 6.54 Å². The van der Waals surface area contributed by atoms with Crippen LogP contribution in [0.1, 0.15) is 35.2 Å². The van der Waals surface area contributed by atoms with Gasteiger partial charge in [0.05, 0.1) is 4.99 Å². The van der Waals surface area contributed by atoms with E-state index in [9.17, 15) is 9.18 Å². The molecule has 3 N–H and O–H groups in total. The van der Waals surface area contributed by atoms with E-state index in [-0.39, 0.29) is 11.7 Å². The number of hydrogen-bond acceptors (Lipinski definition) is 2. The molecule has 1 amide bonds. The second kappa shape index (κ2) is 7.06. The molecule has 0 atom stereocenters. The second-order valence-electron chi connectivity index (χ2n) is 4.14. The van der Waals surface area contributed by atoms with Gasteiger partial charge in [0.25, 0.3) is 5.91 Å². The molecule has 98 valence electrons. The van der Waals surface area contributed by atoms with Crippen LogP contribution in [-0.4, -0.2) is 17.4 Å². The number of carbonyl (C=O) groups is 1. The fraction of sp³-hybridized carbons (Fsp3) is 0.385. The molecule has 0 aliphatic rings. The summed E-state index contributed by atoms with van der Waals surface area (Å²) >= 11 is 4.75. The lowest BCUT2D eigenvalue weighted by molar-refractivity contribution is 0.0953. The van der Waals surface area contributed by atoms with E-state index < -0.39 is 0 Å². The van der Waals surface area contributed by atoms with E-state index in [0.717, 1.165) is 12.8 Å². The maximum Gasteiger partial charge on any atom is 0.251 e. The molecular weight excluding hydrogens is 251 g/mol. The molecule has 1 aromatic rings. The number of aryl methyl sites for hydroxylation is 1. The smallest absolute Gasteiger partial charge is 0.251 e. The number of unbranched alkanes of at least 4 members (excludes halogenated alkanes) is 1. The molecule has 0 spiro atoms. The Kier molecular flexibility index (Phi) is 5.71. The van der Waals surface area contributed by atoms with Crippen LogP contribution >= 0.6 is 12.2 Å². The van der Waals surface area contributed by atoms with E-state index in [0.29, 0.717) is 29.1 Å². The van der Waals surface area contributed by atoms with Crippen LogP contribution in [0.5, 0.6) is 0 Å². The SMILES string of the molecule is Cc1cc(C(=O)NCCCCC(N)=S)ccc1F. The molecule has 18 heavy (non-hydrogen) atoms. The highest BCUT2D eigenvalue weighted by atomic mass is 32.1. The Hall–Kier alpha value is -1.49. The first-order valence-corrected chi connectivity index (χ1v) is 6.24. The van der Waals surface area contributed by atoms with E-state index in [1.54, 1.807) is 13.0 Å². The lowest BCUT2D eigenvalue weighted by atomic mass is 10.1. The van der Waals surface area contributed by atoms with Crippen LogP contribution in [0.3, 0.4) is 0 Å². The van der Waals surface area contributed by atoms with E-state index in [1.165, 1.54) is 12.1 Å². The van der Waals surface area contributed by atoms with Gasteiger partial charge >= 0.3 is 0 Å². The summed E-state index contributed by atoms with van der Waals surface area (Å²) in [6.45, 7) is 2.20. The van der Waals surface area contributed by atoms with Crippen LogP contribution in [0.15, 0.2) is 18.2 Å². The highest BCUT2D eigenvalue weighted by molar-refractivity contribution is 7.80. The summed E-state index contributed by atoms with van der Waals surface area (Å²) < 4.78 is 13.0. The number of rotatable bonds is 6. The van der Waals surface area contributed by atoms with Gasteiger partial charge in [0.2, 0.25) is 0 Å². The fourth-order valence-electron chi connectivity index (χ4n) is 1.51. The van der Waals surface area contributed by atoms with Gasteiger partial charge in [-0.15, -0.1) is 0 Å². The van der Waals surface area contributed by atoms with Gasteiger partial charge in [-0.3, -0.25) is 4.79 Å². The summed E-state index contributed by atoms with van der Waals surface area (Å²) in [5.74, 6) is -0.489. The molecule has 5 heteroatoms. The van der Waals surface area contributed by atoms with Crippen molar-refractivity contribution in [2.45, 2.75) is 26.2 Å². The van der Waals surface area contributed by atoms with Gasteiger partial charge in [0.1, 0.15) is 5.82 Å². The Labute approximate surface area is 112 Å². The Morgan fingerprint density at radius 3 is 2.78 bits per heavy atom. The van der Waals surface area contributed by atoms with Gasteiger partial charge in [0.15, 0.2) is 0 Å². The van der Waals surface area contributed by atoms with Crippen LogP contribution in [0.25, 0.3) is 0 Å². The summed E-state index contributed by atoms with van der Waals surface area (Å²) in [7, 11) is 0. The van der Waals surface area contributed by atoms with Crippen molar-refractivity contribution in [3.8, 4) is 0 Å². The molecule has 0 aliphatic carbocycles. The quantitative estimate of drug-likeness (QED) is 0.615. The molecule has 1 rings (SSSR count). The minimum absolute atomic E-state index is 0.187. The van der Waals surface area contributed by atoms with Crippen molar-refractivity contribution < 1.29 is 9.18 Å². The van der Waals surface area contributed by atoms with Crippen LogP contribution in [-0.2, 0) is 0 Å². The largest absolute Gasteiger partial charge is 0.393 e. The standard InChI is InChI=1S/C13H17FN2OS/c1-9-8-10(5-6-11(9)14)13(17)16-7-3-2-4-12(15)18/h5-6,8H,2-4,7H2,1H3,(H2,15,18)(H,16,17). The maximum atomic E-state index is 13.0. The number of benzene rings is 1. The van der Waals surface area contributed by atoms with Crippen LogP contribution in [0.2, 0.25) is 0 Å². The first-order valence-electron chi connectivity index (χ1n) is 5.83. The molecule has 0 saturated heterocycles. The summed E-state index contributed by atoms with van der Waals surface area (Å²) in [5, 5.41) is 2.77. The Morgan fingerprint density at radius 1 is 1.44 bits per heavy atom. The van der Waals surface area contributed by atoms with Crippen molar-refractivity contribution >= 4 is 23.1 Å². The zero-order valence-corrected chi connectivity index (χ0v) is 11.1. The molecule has 0 unspecified atom stereocenters. The molecule has 0 heterocycles. The highest BCUT2D eigenvalue weighted by Gasteiger charge is 2.06. The average molecular weight is 268 g/mol. The van der Waals surface area contributed by atoms with Crippen molar-refractivity contribution in [1.82, 2.24) is 5.32 Å². The maximum absolute atomic E-state index is 13.0. The molecule has 0 bridgehead atoms. The third kappa shape index (κ3) is 4.79. The van der Waals surface area contributed by atoms with Crippen molar-refractivity contribution in [3.63, 3.8) is 0 Å². The molecule has 0 aromatic heterocycles. The molecular formula is C13H17FN2OS. The Morgan fingerprint density at radius 2 is 2.17 bits per heavy atom. The third-order valence-electron chi connectivity index (χ3n) is 2.56. The number of nitrogens with one attached hydrogen (secondary N) is 1. The first kappa shape index (κ1) is 14.6. The van der Waals surface area contributed by atoms with Crippen LogP contribution in [0.4, 0.5) is 4.39 Å². The summed E-state index contributed by atoms with van der Waals surface area (Å²) in [6.07, 6.45) is 2.38. The number of amides is 1. The Balaban J connectivity index is 2.36. The number of hydrogen-bond donors (Lipinski definition) is 2. The van der Waals surface area contributed by atoms with E-state index in [4.69, 9.17) is 18.0 Å². The van der Waals surface area contributed by atoms with Gasteiger partial charge in [-0.2, -0.15) is 0 Å². The number of nitrogens with two attached hydrogens (primary N) is 1. The number of carbonyl (C=O) groups excluding carboxylic acids is 1. The summed E-state index contributed by atoms with van der Waals surface area (Å²) in [4.78, 5) is 12.2. The first-order chi connectivity index (χ1) is 8.50. The van der Waals surface area contributed by atoms with Crippen molar-refractivity contribution in [2.24, 2.45) is 5.73 Å².